The van der Waals surface area contributed by atoms with Crippen molar-refractivity contribution >= 4 is 10.8 Å². The van der Waals surface area contributed by atoms with Gasteiger partial charge in [0.25, 0.3) is 0 Å². The van der Waals surface area contributed by atoms with Crippen LogP contribution >= 0.6 is 0 Å². The van der Waals surface area contributed by atoms with Crippen LogP contribution in [0.3, 0.4) is 0 Å². The number of aromatic nitrogens is 3. The molecule has 0 spiro atoms. The van der Waals surface area contributed by atoms with Crippen molar-refractivity contribution in [3.05, 3.63) is 84.1 Å². The second kappa shape index (κ2) is 5.69. The van der Waals surface area contributed by atoms with Crippen molar-refractivity contribution < 1.29 is 0 Å². The van der Waals surface area contributed by atoms with Crippen LogP contribution in [-0.4, -0.2) is 15.0 Å². The minimum absolute atomic E-state index is 0.734. The maximum absolute atomic E-state index is 4.36. The lowest BCUT2D eigenvalue weighted by atomic mass is 10.0. The van der Waals surface area contributed by atoms with Gasteiger partial charge in [-0.25, -0.2) is 4.68 Å². The summed E-state index contributed by atoms with van der Waals surface area (Å²) in [7, 11) is 0. The molecule has 23 heavy (non-hydrogen) atoms. The molecule has 3 heteroatoms. The van der Waals surface area contributed by atoms with Crippen molar-refractivity contribution in [3.8, 4) is 11.3 Å². The van der Waals surface area contributed by atoms with Gasteiger partial charge in [0, 0.05) is 5.56 Å². The monoisotopic (exact) mass is 299 g/mol. The van der Waals surface area contributed by atoms with Gasteiger partial charge in [-0.3, -0.25) is 0 Å². The van der Waals surface area contributed by atoms with Gasteiger partial charge in [-0.2, -0.15) is 0 Å². The minimum Gasteiger partial charge on any atom is -0.247 e. The molecule has 1 heterocycles. The number of hydrogen-bond acceptors (Lipinski definition) is 2. The van der Waals surface area contributed by atoms with E-state index in [0.29, 0.717) is 0 Å². The highest BCUT2D eigenvalue weighted by Gasteiger charge is 2.08. The Balaban J connectivity index is 1.68. The van der Waals surface area contributed by atoms with Crippen molar-refractivity contribution in [1.29, 1.82) is 0 Å². The lowest BCUT2D eigenvalue weighted by molar-refractivity contribution is 0.649. The number of hydrogen-bond donors (Lipinski definition) is 0. The van der Waals surface area contributed by atoms with E-state index in [2.05, 4.69) is 84.0 Å². The molecule has 0 amide bonds. The zero-order chi connectivity index (χ0) is 15.6. The van der Waals surface area contributed by atoms with Gasteiger partial charge >= 0.3 is 0 Å². The third-order valence-electron chi connectivity index (χ3n) is 4.07. The summed E-state index contributed by atoms with van der Waals surface area (Å²) in [5.74, 6) is 0. The molecule has 3 nitrogen and oxygen atoms in total. The fourth-order valence-electron chi connectivity index (χ4n) is 2.83. The number of aryl methyl sites for hydroxylation is 1. The first-order chi connectivity index (χ1) is 11.3. The molecule has 0 aliphatic carbocycles. The maximum Gasteiger partial charge on any atom is 0.113 e. The third kappa shape index (κ3) is 2.73. The summed E-state index contributed by atoms with van der Waals surface area (Å²) >= 11 is 0. The molecule has 0 saturated heterocycles. The highest BCUT2D eigenvalue weighted by molar-refractivity contribution is 5.95. The van der Waals surface area contributed by atoms with E-state index in [4.69, 9.17) is 0 Å². The van der Waals surface area contributed by atoms with E-state index in [1.54, 1.807) is 0 Å². The summed E-state index contributed by atoms with van der Waals surface area (Å²) in [6, 6.07) is 23.2. The van der Waals surface area contributed by atoms with E-state index in [9.17, 15) is 0 Å². The van der Waals surface area contributed by atoms with Gasteiger partial charge in [-0.1, -0.05) is 77.5 Å². The molecule has 0 atom stereocenters. The van der Waals surface area contributed by atoms with E-state index in [0.717, 1.165) is 17.8 Å². The first-order valence-electron chi connectivity index (χ1n) is 7.73. The van der Waals surface area contributed by atoms with Crippen LogP contribution in [0.1, 0.15) is 11.1 Å². The second-order valence-corrected chi connectivity index (χ2v) is 5.81. The molecule has 0 saturated carbocycles. The van der Waals surface area contributed by atoms with Crippen LogP contribution in [0.25, 0.3) is 22.0 Å². The average molecular weight is 299 g/mol. The van der Waals surface area contributed by atoms with Gasteiger partial charge in [0.1, 0.15) is 5.69 Å². The van der Waals surface area contributed by atoms with Crippen LogP contribution in [0, 0.1) is 6.92 Å². The number of benzene rings is 3. The molecule has 0 aliphatic rings. The SMILES string of the molecule is Cc1ccc(Cn2cc(-c3cccc4ccccc34)nn2)cc1. The van der Waals surface area contributed by atoms with Crippen molar-refractivity contribution in [3.63, 3.8) is 0 Å². The molecular formula is C20H17N3. The van der Waals surface area contributed by atoms with Crippen molar-refractivity contribution in [2.75, 3.05) is 0 Å². The number of fused-ring (bicyclic) bond motifs is 1. The standard InChI is InChI=1S/C20H17N3/c1-15-9-11-16(12-10-15)13-23-14-20(21-22-23)19-8-4-6-17-5-2-3-7-18(17)19/h2-12,14H,13H2,1H3. The zero-order valence-corrected chi connectivity index (χ0v) is 13.0. The van der Waals surface area contributed by atoms with Crippen LogP contribution in [0.4, 0.5) is 0 Å². The highest BCUT2D eigenvalue weighted by Crippen LogP contribution is 2.26. The molecule has 3 aromatic carbocycles. The quantitative estimate of drug-likeness (QED) is 0.559. The summed E-state index contributed by atoms with van der Waals surface area (Å²) in [6.45, 7) is 2.83. The average Bonchev–Trinajstić information content (AvgIpc) is 3.05. The number of rotatable bonds is 3. The first kappa shape index (κ1) is 13.7. The summed E-state index contributed by atoms with van der Waals surface area (Å²) in [5.41, 5.74) is 4.53. The molecule has 1 aromatic heterocycles. The van der Waals surface area contributed by atoms with Gasteiger partial charge in [0.15, 0.2) is 0 Å². The van der Waals surface area contributed by atoms with Gasteiger partial charge in [0.2, 0.25) is 0 Å². The topological polar surface area (TPSA) is 30.7 Å². The number of nitrogens with zero attached hydrogens (tertiary/aromatic N) is 3. The molecular weight excluding hydrogens is 282 g/mol. The maximum atomic E-state index is 4.36. The van der Waals surface area contributed by atoms with Crippen LogP contribution in [0.2, 0.25) is 0 Å². The molecule has 112 valence electrons. The Morgan fingerprint density at radius 3 is 2.52 bits per heavy atom. The Labute approximate surface area is 135 Å². The molecule has 0 fully saturated rings. The highest BCUT2D eigenvalue weighted by atomic mass is 15.4. The third-order valence-corrected chi connectivity index (χ3v) is 4.07. The van der Waals surface area contributed by atoms with Gasteiger partial charge in [-0.05, 0) is 23.3 Å². The molecule has 0 N–H and O–H groups in total. The Hall–Kier alpha value is -2.94. The zero-order valence-electron chi connectivity index (χ0n) is 13.0. The largest absolute Gasteiger partial charge is 0.247 e. The lowest BCUT2D eigenvalue weighted by Crippen LogP contribution is -2.00. The van der Waals surface area contributed by atoms with Crippen molar-refractivity contribution in [2.45, 2.75) is 13.5 Å². The summed E-state index contributed by atoms with van der Waals surface area (Å²) in [5, 5.41) is 11.1. The predicted octanol–water partition coefficient (Wildman–Crippen LogP) is 4.46. The normalized spacial score (nSPS) is 11.0. The summed E-state index contributed by atoms with van der Waals surface area (Å²) < 4.78 is 1.89. The Bertz CT molecular complexity index is 947. The van der Waals surface area contributed by atoms with E-state index >= 15 is 0 Å². The Morgan fingerprint density at radius 2 is 1.65 bits per heavy atom. The molecule has 4 aromatic rings. The van der Waals surface area contributed by atoms with E-state index in [1.165, 1.54) is 21.9 Å². The summed E-state index contributed by atoms with van der Waals surface area (Å²) in [6.07, 6.45) is 2.02. The Kier molecular flexibility index (Phi) is 3.39. The Morgan fingerprint density at radius 1 is 0.870 bits per heavy atom. The fourth-order valence-corrected chi connectivity index (χ4v) is 2.83. The van der Waals surface area contributed by atoms with Crippen LogP contribution in [0.5, 0.6) is 0 Å². The lowest BCUT2D eigenvalue weighted by Gasteiger charge is -2.03. The van der Waals surface area contributed by atoms with E-state index < -0.39 is 0 Å². The van der Waals surface area contributed by atoms with E-state index in [-0.39, 0.29) is 0 Å². The molecule has 0 aliphatic heterocycles. The molecule has 0 bridgehead atoms. The minimum atomic E-state index is 0.734. The van der Waals surface area contributed by atoms with Crippen LogP contribution in [0.15, 0.2) is 72.9 Å². The van der Waals surface area contributed by atoms with Gasteiger partial charge in [0.05, 0.1) is 12.7 Å². The summed E-state index contributed by atoms with van der Waals surface area (Å²) in [4.78, 5) is 0. The fraction of sp³-hybridized carbons (Fsp3) is 0.100. The molecule has 4 rings (SSSR count). The van der Waals surface area contributed by atoms with Crippen LogP contribution in [-0.2, 0) is 6.54 Å². The van der Waals surface area contributed by atoms with Gasteiger partial charge in [-0.15, -0.1) is 5.10 Å². The van der Waals surface area contributed by atoms with Gasteiger partial charge < -0.3 is 0 Å². The van der Waals surface area contributed by atoms with E-state index in [1.807, 2.05) is 10.9 Å². The first-order valence-corrected chi connectivity index (χ1v) is 7.73. The molecule has 0 unspecified atom stereocenters. The van der Waals surface area contributed by atoms with Crippen molar-refractivity contribution in [2.24, 2.45) is 0 Å². The smallest absolute Gasteiger partial charge is 0.113 e. The van der Waals surface area contributed by atoms with Crippen LogP contribution < -0.4 is 0 Å². The molecule has 0 radical (unpaired) electrons. The second-order valence-electron chi connectivity index (χ2n) is 5.81. The van der Waals surface area contributed by atoms with Crippen molar-refractivity contribution in [1.82, 2.24) is 15.0 Å². The predicted molar refractivity (Wildman–Crippen MR) is 93.2 cm³/mol.